The molecule has 0 fully saturated rings. The topological polar surface area (TPSA) is 70.8 Å². The number of aryl methyl sites for hydroxylation is 1. The number of nitrogens with one attached hydrogen (secondary N) is 1. The van der Waals surface area contributed by atoms with Gasteiger partial charge in [-0.1, -0.05) is 0 Å². The van der Waals surface area contributed by atoms with Gasteiger partial charge in [0.05, 0.1) is 5.52 Å². The van der Waals surface area contributed by atoms with Crippen LogP contribution in [0.2, 0.25) is 0 Å². The summed E-state index contributed by atoms with van der Waals surface area (Å²) in [6.45, 7) is 4.14. The molecule has 3 rings (SSSR count). The van der Waals surface area contributed by atoms with Gasteiger partial charge in [-0.15, -0.1) is 0 Å². The van der Waals surface area contributed by atoms with Crippen LogP contribution in [-0.2, 0) is 0 Å². The molecule has 0 amide bonds. The largest absolute Gasteiger partial charge is 0.399 e. The first kappa shape index (κ1) is 13.4. The van der Waals surface area contributed by atoms with Crippen LogP contribution in [0, 0.1) is 13.8 Å². The maximum Gasteiger partial charge on any atom is 0.180 e. The first-order valence-corrected chi connectivity index (χ1v) is 6.87. The van der Waals surface area contributed by atoms with Gasteiger partial charge >= 0.3 is 0 Å². The van der Waals surface area contributed by atoms with Gasteiger partial charge in [-0.25, -0.2) is 9.97 Å². The molecule has 0 radical (unpaired) electrons. The number of hydrogen-bond donors (Lipinski definition) is 2. The van der Waals surface area contributed by atoms with Crippen LogP contribution in [0.1, 0.15) is 11.1 Å². The number of pyridine rings is 1. The third kappa shape index (κ3) is 2.31. The van der Waals surface area contributed by atoms with Crippen LogP contribution in [0.15, 0.2) is 24.3 Å². The number of aromatic nitrogens is 3. The summed E-state index contributed by atoms with van der Waals surface area (Å²) < 4.78 is 0. The zero-order valence-corrected chi connectivity index (χ0v) is 12.7. The molecule has 3 N–H and O–H groups in total. The number of benzene rings is 1. The summed E-state index contributed by atoms with van der Waals surface area (Å²) in [5, 5.41) is 0. The summed E-state index contributed by atoms with van der Waals surface area (Å²) in [6, 6.07) is 7.90. The van der Waals surface area contributed by atoms with E-state index in [1.165, 1.54) is 5.56 Å². The van der Waals surface area contributed by atoms with Crippen molar-refractivity contribution in [2.75, 3.05) is 24.7 Å². The Bertz CT molecular complexity index is 817. The van der Waals surface area contributed by atoms with Gasteiger partial charge in [0.2, 0.25) is 0 Å². The number of anilines is 2. The maximum absolute atomic E-state index is 5.96. The van der Waals surface area contributed by atoms with Crippen LogP contribution in [-0.4, -0.2) is 29.0 Å². The van der Waals surface area contributed by atoms with Gasteiger partial charge in [0.15, 0.2) is 5.65 Å². The fraction of sp³-hybridized carbons (Fsp3) is 0.250. The Hall–Kier alpha value is -2.56. The fourth-order valence-electron chi connectivity index (χ4n) is 2.39. The molecule has 0 spiro atoms. The van der Waals surface area contributed by atoms with Crippen molar-refractivity contribution in [3.63, 3.8) is 0 Å². The van der Waals surface area contributed by atoms with Crippen molar-refractivity contribution in [1.82, 2.24) is 15.0 Å². The predicted octanol–water partition coefficient (Wildman–Crippen LogP) is 2.89. The van der Waals surface area contributed by atoms with E-state index in [0.717, 1.165) is 39.6 Å². The smallest absolute Gasteiger partial charge is 0.180 e. The SMILES string of the molecule is Cc1cc(N)cc(-c2nc3nc(N(C)C)ccc3[nH]2)c1C. The number of rotatable bonds is 2. The van der Waals surface area contributed by atoms with Gasteiger partial charge in [0, 0.05) is 25.3 Å². The Labute approximate surface area is 123 Å². The Kier molecular flexibility index (Phi) is 3.05. The highest BCUT2D eigenvalue weighted by atomic mass is 15.1. The molecule has 3 aromatic rings. The third-order valence-corrected chi connectivity index (χ3v) is 3.73. The summed E-state index contributed by atoms with van der Waals surface area (Å²) in [5.74, 6) is 1.70. The van der Waals surface area contributed by atoms with E-state index in [0.29, 0.717) is 0 Å². The van der Waals surface area contributed by atoms with E-state index in [1.807, 2.05) is 43.3 Å². The van der Waals surface area contributed by atoms with Crippen LogP contribution >= 0.6 is 0 Å². The number of nitrogens with two attached hydrogens (primary N) is 1. The van der Waals surface area contributed by atoms with E-state index in [1.54, 1.807) is 0 Å². The van der Waals surface area contributed by atoms with E-state index < -0.39 is 0 Å². The predicted molar refractivity (Wildman–Crippen MR) is 87.5 cm³/mol. The summed E-state index contributed by atoms with van der Waals surface area (Å²) >= 11 is 0. The molecule has 0 aliphatic carbocycles. The van der Waals surface area contributed by atoms with E-state index >= 15 is 0 Å². The molecule has 0 saturated heterocycles. The fourth-order valence-corrected chi connectivity index (χ4v) is 2.39. The second-order valence-electron chi connectivity index (χ2n) is 5.53. The molecule has 2 heterocycles. The molecule has 0 atom stereocenters. The molecular formula is C16H19N5. The van der Waals surface area contributed by atoms with E-state index in [9.17, 15) is 0 Å². The average Bonchev–Trinajstić information content (AvgIpc) is 2.85. The molecule has 0 bridgehead atoms. The minimum Gasteiger partial charge on any atom is -0.399 e. The summed E-state index contributed by atoms with van der Waals surface area (Å²) in [6.07, 6.45) is 0. The highest BCUT2D eigenvalue weighted by molar-refractivity contribution is 5.79. The zero-order chi connectivity index (χ0) is 15.1. The highest BCUT2D eigenvalue weighted by Crippen LogP contribution is 2.28. The quantitative estimate of drug-likeness (QED) is 0.709. The Morgan fingerprint density at radius 1 is 1.10 bits per heavy atom. The lowest BCUT2D eigenvalue weighted by atomic mass is 10.0. The molecule has 21 heavy (non-hydrogen) atoms. The molecule has 5 heteroatoms. The van der Waals surface area contributed by atoms with E-state index in [4.69, 9.17) is 5.73 Å². The maximum atomic E-state index is 5.96. The number of H-pyrrole nitrogens is 1. The lowest BCUT2D eigenvalue weighted by Crippen LogP contribution is -2.10. The Balaban J connectivity index is 2.17. The Morgan fingerprint density at radius 2 is 1.86 bits per heavy atom. The van der Waals surface area contributed by atoms with Crippen LogP contribution < -0.4 is 10.6 Å². The lowest BCUT2D eigenvalue weighted by Gasteiger charge is -2.09. The first-order valence-electron chi connectivity index (χ1n) is 6.87. The third-order valence-electron chi connectivity index (χ3n) is 3.73. The van der Waals surface area contributed by atoms with Crippen molar-refractivity contribution in [1.29, 1.82) is 0 Å². The van der Waals surface area contributed by atoms with Gasteiger partial charge in [-0.3, -0.25) is 0 Å². The molecule has 5 nitrogen and oxygen atoms in total. The highest BCUT2D eigenvalue weighted by Gasteiger charge is 2.12. The van der Waals surface area contributed by atoms with Crippen molar-refractivity contribution in [2.24, 2.45) is 0 Å². The number of nitrogens with zero attached hydrogens (tertiary/aromatic N) is 3. The molecule has 0 unspecified atom stereocenters. The van der Waals surface area contributed by atoms with Gasteiger partial charge in [0.25, 0.3) is 0 Å². The number of fused-ring (bicyclic) bond motifs is 1. The molecule has 1 aromatic carbocycles. The minimum absolute atomic E-state index is 0.718. The van der Waals surface area contributed by atoms with Crippen LogP contribution in [0.5, 0.6) is 0 Å². The number of nitrogen functional groups attached to an aromatic ring is 1. The van der Waals surface area contributed by atoms with Crippen molar-refractivity contribution < 1.29 is 0 Å². The summed E-state index contributed by atoms with van der Waals surface area (Å²) in [4.78, 5) is 14.5. The molecule has 0 aliphatic heterocycles. The van der Waals surface area contributed by atoms with Crippen molar-refractivity contribution in [2.45, 2.75) is 13.8 Å². The first-order chi connectivity index (χ1) is 9.95. The van der Waals surface area contributed by atoms with Crippen molar-refractivity contribution >= 4 is 22.7 Å². The van der Waals surface area contributed by atoms with Crippen LogP contribution in [0.3, 0.4) is 0 Å². The van der Waals surface area contributed by atoms with Gasteiger partial charge in [0.1, 0.15) is 11.6 Å². The van der Waals surface area contributed by atoms with Crippen LogP contribution in [0.25, 0.3) is 22.6 Å². The molecule has 2 aromatic heterocycles. The normalized spacial score (nSPS) is 11.0. The molecule has 0 saturated carbocycles. The second-order valence-corrected chi connectivity index (χ2v) is 5.53. The molecular weight excluding hydrogens is 262 g/mol. The van der Waals surface area contributed by atoms with Gasteiger partial charge < -0.3 is 15.6 Å². The molecule has 0 aliphatic rings. The second kappa shape index (κ2) is 4.77. The van der Waals surface area contributed by atoms with Gasteiger partial charge in [-0.2, -0.15) is 0 Å². The van der Waals surface area contributed by atoms with Crippen LogP contribution in [0.4, 0.5) is 11.5 Å². The summed E-state index contributed by atoms with van der Waals surface area (Å²) in [7, 11) is 3.93. The van der Waals surface area contributed by atoms with Crippen molar-refractivity contribution in [3.8, 4) is 11.4 Å². The average molecular weight is 281 g/mol. The monoisotopic (exact) mass is 281 g/mol. The number of aromatic amines is 1. The van der Waals surface area contributed by atoms with E-state index in [2.05, 4.69) is 28.8 Å². The summed E-state index contributed by atoms with van der Waals surface area (Å²) in [5.41, 5.74) is 11.7. The minimum atomic E-state index is 0.718. The lowest BCUT2D eigenvalue weighted by molar-refractivity contribution is 1.08. The van der Waals surface area contributed by atoms with Crippen molar-refractivity contribution in [3.05, 3.63) is 35.4 Å². The standard InChI is InChI=1S/C16H19N5/c1-9-7-11(17)8-12(10(9)2)15-18-13-5-6-14(21(3)4)19-16(13)20-15/h5-8H,17H2,1-4H3,(H,18,19,20). The van der Waals surface area contributed by atoms with E-state index in [-0.39, 0.29) is 0 Å². The Morgan fingerprint density at radius 3 is 2.57 bits per heavy atom. The zero-order valence-electron chi connectivity index (χ0n) is 12.7. The number of hydrogen-bond acceptors (Lipinski definition) is 4. The van der Waals surface area contributed by atoms with Gasteiger partial charge in [-0.05, 0) is 49.2 Å². The number of imidazole rings is 1. The molecule has 108 valence electrons.